The second-order valence-electron chi connectivity index (χ2n) is 6.49. The zero-order valence-corrected chi connectivity index (χ0v) is 12.8. The number of aliphatic hydroxyl groups excluding tert-OH is 1. The van der Waals surface area contributed by atoms with Crippen LogP contribution in [0.1, 0.15) is 39.0 Å². The van der Waals surface area contributed by atoms with Gasteiger partial charge >= 0.3 is 0 Å². The van der Waals surface area contributed by atoms with Gasteiger partial charge in [-0.15, -0.1) is 0 Å². The maximum Gasteiger partial charge on any atom is 0.242 e. The van der Waals surface area contributed by atoms with Crippen LogP contribution in [0.25, 0.3) is 0 Å². The molecule has 2 aliphatic rings. The summed E-state index contributed by atoms with van der Waals surface area (Å²) in [6, 6.07) is 0. The zero-order chi connectivity index (χ0) is 15.5. The van der Waals surface area contributed by atoms with Crippen LogP contribution in [0.3, 0.4) is 0 Å². The van der Waals surface area contributed by atoms with Gasteiger partial charge in [0.2, 0.25) is 11.8 Å². The third-order valence-electron chi connectivity index (χ3n) is 4.67. The summed E-state index contributed by atoms with van der Waals surface area (Å²) in [6.45, 7) is 3.65. The third kappa shape index (κ3) is 3.95. The summed E-state index contributed by atoms with van der Waals surface area (Å²) >= 11 is 0. The molecule has 1 atom stereocenters. The topological polar surface area (TPSA) is 95.7 Å². The maximum absolute atomic E-state index is 12.5. The molecule has 0 spiro atoms. The molecule has 0 aromatic heterocycles. The highest BCUT2D eigenvalue weighted by molar-refractivity contribution is 5.87. The van der Waals surface area contributed by atoms with Gasteiger partial charge in [-0.25, -0.2) is 0 Å². The number of carbonyl (C=O) groups is 2. The molecule has 0 aromatic rings. The summed E-state index contributed by atoms with van der Waals surface area (Å²) in [5, 5.41) is 11.5. The molecule has 6 nitrogen and oxygen atoms in total. The molecule has 2 rings (SSSR count). The van der Waals surface area contributed by atoms with Crippen LogP contribution in [-0.2, 0) is 9.59 Å². The van der Waals surface area contributed by atoms with E-state index in [0.29, 0.717) is 44.8 Å². The van der Waals surface area contributed by atoms with Gasteiger partial charge in [-0.05, 0) is 44.9 Å². The molecule has 0 aromatic carbocycles. The van der Waals surface area contributed by atoms with E-state index in [9.17, 15) is 9.59 Å². The lowest BCUT2D eigenvalue weighted by molar-refractivity contribution is -0.140. The number of likely N-dealkylation sites (tertiary alicyclic amines) is 1. The molecule has 21 heavy (non-hydrogen) atoms. The molecule has 1 saturated heterocycles. The predicted octanol–water partition coefficient (Wildman–Crippen LogP) is -0.149. The Kier molecular flexibility index (Phi) is 5.22. The van der Waals surface area contributed by atoms with Crippen LogP contribution in [0.4, 0.5) is 0 Å². The quantitative estimate of drug-likeness (QED) is 0.594. The van der Waals surface area contributed by atoms with E-state index in [-0.39, 0.29) is 24.3 Å². The second kappa shape index (κ2) is 6.75. The molecule has 1 unspecified atom stereocenters. The Morgan fingerprint density at radius 3 is 2.43 bits per heavy atom. The molecule has 1 saturated carbocycles. The van der Waals surface area contributed by atoms with E-state index in [2.05, 4.69) is 5.32 Å². The lowest BCUT2D eigenvalue weighted by atomic mass is 9.91. The van der Waals surface area contributed by atoms with Crippen LogP contribution < -0.4 is 11.1 Å². The molecule has 6 heteroatoms. The molecule has 1 aliphatic heterocycles. The van der Waals surface area contributed by atoms with Gasteiger partial charge in [0, 0.05) is 32.2 Å². The predicted molar refractivity (Wildman–Crippen MR) is 79.3 cm³/mol. The van der Waals surface area contributed by atoms with Crippen LogP contribution in [0.5, 0.6) is 0 Å². The zero-order valence-electron chi connectivity index (χ0n) is 12.8. The number of nitrogens with one attached hydrogen (secondary N) is 1. The minimum atomic E-state index is -0.740. The second-order valence-corrected chi connectivity index (χ2v) is 6.49. The number of rotatable bonds is 6. The molecule has 2 fully saturated rings. The molecule has 0 radical (unpaired) electrons. The van der Waals surface area contributed by atoms with E-state index in [4.69, 9.17) is 10.8 Å². The normalized spacial score (nSPS) is 22.7. The van der Waals surface area contributed by atoms with Crippen molar-refractivity contribution in [3.05, 3.63) is 0 Å². The monoisotopic (exact) mass is 297 g/mol. The average Bonchev–Trinajstić information content (AvgIpc) is 3.32. The maximum atomic E-state index is 12.5. The van der Waals surface area contributed by atoms with Crippen LogP contribution in [0.2, 0.25) is 0 Å². The van der Waals surface area contributed by atoms with E-state index >= 15 is 0 Å². The number of nitrogens with two attached hydrogens (primary N) is 1. The largest absolute Gasteiger partial charge is 0.396 e. The SMILES string of the molecule is CC(N)(C(=O)N1CCC(C(=O)NCCCO)CC1)C1CC1. The third-order valence-corrected chi connectivity index (χ3v) is 4.67. The van der Waals surface area contributed by atoms with Crippen molar-refractivity contribution >= 4 is 11.8 Å². The highest BCUT2D eigenvalue weighted by Crippen LogP contribution is 2.39. The minimum Gasteiger partial charge on any atom is -0.396 e. The molecule has 4 N–H and O–H groups in total. The van der Waals surface area contributed by atoms with E-state index in [1.165, 1.54) is 0 Å². The summed E-state index contributed by atoms with van der Waals surface area (Å²) in [6.07, 6.45) is 4.05. The molecule has 0 bridgehead atoms. The molecular formula is C15H27N3O3. The van der Waals surface area contributed by atoms with Gasteiger partial charge in [-0.3, -0.25) is 9.59 Å². The Balaban J connectivity index is 1.77. The number of hydrogen-bond acceptors (Lipinski definition) is 4. The van der Waals surface area contributed by atoms with Gasteiger partial charge in [0.15, 0.2) is 0 Å². The minimum absolute atomic E-state index is 0.0299. The van der Waals surface area contributed by atoms with Crippen LogP contribution in [0, 0.1) is 11.8 Å². The van der Waals surface area contributed by atoms with Gasteiger partial charge in [0.1, 0.15) is 0 Å². The van der Waals surface area contributed by atoms with Crippen molar-refractivity contribution < 1.29 is 14.7 Å². The summed E-state index contributed by atoms with van der Waals surface area (Å²) in [5.41, 5.74) is 5.44. The Morgan fingerprint density at radius 2 is 1.90 bits per heavy atom. The molecular weight excluding hydrogens is 270 g/mol. The van der Waals surface area contributed by atoms with E-state index in [0.717, 1.165) is 12.8 Å². The lowest BCUT2D eigenvalue weighted by Crippen LogP contribution is -2.57. The average molecular weight is 297 g/mol. The Hall–Kier alpha value is -1.14. The van der Waals surface area contributed by atoms with Gasteiger partial charge in [0.25, 0.3) is 0 Å². The molecule has 2 amide bonds. The van der Waals surface area contributed by atoms with Crippen molar-refractivity contribution in [3.63, 3.8) is 0 Å². The molecule has 1 heterocycles. The van der Waals surface area contributed by atoms with Crippen LogP contribution in [-0.4, -0.2) is 53.6 Å². The van der Waals surface area contributed by atoms with Gasteiger partial charge < -0.3 is 21.1 Å². The van der Waals surface area contributed by atoms with Crippen molar-refractivity contribution in [2.24, 2.45) is 17.6 Å². The Labute approximate surface area is 126 Å². The molecule has 120 valence electrons. The van der Waals surface area contributed by atoms with Crippen molar-refractivity contribution in [1.29, 1.82) is 0 Å². The first-order valence-electron chi connectivity index (χ1n) is 7.93. The van der Waals surface area contributed by atoms with E-state index in [1.54, 1.807) is 0 Å². The van der Waals surface area contributed by atoms with E-state index < -0.39 is 5.54 Å². The van der Waals surface area contributed by atoms with Crippen LogP contribution >= 0.6 is 0 Å². The number of hydrogen-bond donors (Lipinski definition) is 3. The number of nitrogens with zero attached hydrogens (tertiary/aromatic N) is 1. The van der Waals surface area contributed by atoms with Gasteiger partial charge in [-0.1, -0.05) is 0 Å². The van der Waals surface area contributed by atoms with Crippen molar-refractivity contribution in [3.8, 4) is 0 Å². The summed E-state index contributed by atoms with van der Waals surface area (Å²) in [7, 11) is 0. The van der Waals surface area contributed by atoms with Gasteiger partial charge in [-0.2, -0.15) is 0 Å². The van der Waals surface area contributed by atoms with Crippen molar-refractivity contribution in [1.82, 2.24) is 10.2 Å². The highest BCUT2D eigenvalue weighted by atomic mass is 16.3. The Bertz CT molecular complexity index is 386. The fraction of sp³-hybridized carbons (Fsp3) is 0.867. The van der Waals surface area contributed by atoms with Gasteiger partial charge in [0.05, 0.1) is 5.54 Å². The number of aliphatic hydroxyl groups is 1. The Morgan fingerprint density at radius 1 is 1.29 bits per heavy atom. The summed E-state index contributed by atoms with van der Waals surface area (Å²) in [4.78, 5) is 26.2. The number of amides is 2. The molecule has 1 aliphatic carbocycles. The lowest BCUT2D eigenvalue weighted by Gasteiger charge is -2.36. The first kappa shape index (κ1) is 16.2. The number of carbonyl (C=O) groups excluding carboxylic acids is 2. The summed E-state index contributed by atoms with van der Waals surface area (Å²) in [5.74, 6) is 0.361. The first-order chi connectivity index (χ1) is 9.96. The standard InChI is InChI=1S/C15H27N3O3/c1-15(16,12-3-4-12)14(21)18-8-5-11(6-9-18)13(20)17-7-2-10-19/h11-12,19H,2-10,16H2,1H3,(H,17,20). The first-order valence-corrected chi connectivity index (χ1v) is 7.93. The van der Waals surface area contributed by atoms with Crippen molar-refractivity contribution in [2.45, 2.75) is 44.6 Å². The summed E-state index contributed by atoms with van der Waals surface area (Å²) < 4.78 is 0. The number of piperidine rings is 1. The van der Waals surface area contributed by atoms with Crippen LogP contribution in [0.15, 0.2) is 0 Å². The highest BCUT2D eigenvalue weighted by Gasteiger charge is 2.46. The smallest absolute Gasteiger partial charge is 0.242 e. The fourth-order valence-electron chi connectivity index (χ4n) is 2.98. The fourth-order valence-corrected chi connectivity index (χ4v) is 2.98. The van der Waals surface area contributed by atoms with E-state index in [1.807, 2.05) is 11.8 Å². The van der Waals surface area contributed by atoms with Crippen molar-refractivity contribution in [2.75, 3.05) is 26.2 Å².